The molecule has 0 unspecified atom stereocenters. The average Bonchev–Trinajstić information content (AvgIpc) is 2.68. The summed E-state index contributed by atoms with van der Waals surface area (Å²) in [6.07, 6.45) is 0. The first-order chi connectivity index (χ1) is 6.77. The zero-order valence-corrected chi connectivity index (χ0v) is 7.43. The number of hydrogen-bond acceptors (Lipinski definition) is 6. The highest BCUT2D eigenvalue weighted by Crippen LogP contribution is 2.11. The molecule has 2 N–H and O–H groups in total. The quantitative estimate of drug-likeness (QED) is 0.473. The Morgan fingerprint density at radius 2 is 2.14 bits per heavy atom. The lowest BCUT2D eigenvalue weighted by Gasteiger charge is -2.23. The van der Waals surface area contributed by atoms with Crippen LogP contribution in [0.25, 0.3) is 0 Å². The van der Waals surface area contributed by atoms with E-state index in [1.165, 1.54) is 0 Å². The van der Waals surface area contributed by atoms with Gasteiger partial charge in [0.25, 0.3) is 0 Å². The molecule has 0 atom stereocenters. The second-order valence-electron chi connectivity index (χ2n) is 2.95. The molecule has 1 saturated heterocycles. The van der Waals surface area contributed by atoms with E-state index in [0.29, 0.717) is 5.95 Å². The Bertz CT molecular complexity index is 331. The summed E-state index contributed by atoms with van der Waals surface area (Å²) >= 11 is 0. The molecule has 1 aromatic heterocycles. The standard InChI is InChI=1S/C6H10N6O2/c13-12(14)6-8-5(9-10-6)11-3-1-7-2-4-11/h7H,1-4H2,(H,8,9,10). The zero-order valence-electron chi connectivity index (χ0n) is 7.43. The van der Waals surface area contributed by atoms with E-state index in [-0.39, 0.29) is 5.95 Å². The fourth-order valence-corrected chi connectivity index (χ4v) is 1.33. The first kappa shape index (κ1) is 8.88. The van der Waals surface area contributed by atoms with E-state index in [1.54, 1.807) is 0 Å². The molecule has 0 aliphatic carbocycles. The maximum atomic E-state index is 10.3. The van der Waals surface area contributed by atoms with Crippen LogP contribution in [-0.4, -0.2) is 46.3 Å². The maximum Gasteiger partial charge on any atom is 0.455 e. The fourth-order valence-electron chi connectivity index (χ4n) is 1.33. The molecule has 0 radical (unpaired) electrons. The summed E-state index contributed by atoms with van der Waals surface area (Å²) in [6.45, 7) is 3.24. The summed E-state index contributed by atoms with van der Waals surface area (Å²) in [6, 6.07) is 0. The van der Waals surface area contributed by atoms with Crippen molar-refractivity contribution in [1.29, 1.82) is 0 Å². The van der Waals surface area contributed by atoms with Crippen molar-refractivity contribution in [1.82, 2.24) is 20.5 Å². The lowest BCUT2D eigenvalue weighted by Crippen LogP contribution is -2.44. The van der Waals surface area contributed by atoms with Gasteiger partial charge in [-0.15, -0.1) is 5.10 Å². The number of H-pyrrole nitrogens is 1. The lowest BCUT2D eigenvalue weighted by molar-refractivity contribution is -0.394. The summed E-state index contributed by atoms with van der Waals surface area (Å²) in [5.41, 5.74) is 0. The van der Waals surface area contributed by atoms with Crippen LogP contribution in [0.15, 0.2) is 0 Å². The van der Waals surface area contributed by atoms with Gasteiger partial charge in [0.15, 0.2) is 0 Å². The van der Waals surface area contributed by atoms with Crippen LogP contribution < -0.4 is 10.2 Å². The Balaban J connectivity index is 2.11. The zero-order chi connectivity index (χ0) is 9.97. The van der Waals surface area contributed by atoms with Crippen molar-refractivity contribution in [2.24, 2.45) is 0 Å². The van der Waals surface area contributed by atoms with E-state index in [0.717, 1.165) is 26.2 Å². The van der Waals surface area contributed by atoms with Crippen LogP contribution in [0.3, 0.4) is 0 Å². The first-order valence-electron chi connectivity index (χ1n) is 4.30. The van der Waals surface area contributed by atoms with E-state index in [4.69, 9.17) is 0 Å². The molecule has 1 aliphatic rings. The molecule has 1 aromatic rings. The van der Waals surface area contributed by atoms with Crippen LogP contribution in [0.2, 0.25) is 0 Å². The Labute approximate surface area is 79.5 Å². The molecule has 1 aliphatic heterocycles. The number of nitrogens with one attached hydrogen (secondary N) is 2. The number of piperazine rings is 1. The van der Waals surface area contributed by atoms with E-state index in [9.17, 15) is 10.1 Å². The van der Waals surface area contributed by atoms with Gasteiger partial charge >= 0.3 is 11.9 Å². The van der Waals surface area contributed by atoms with Gasteiger partial charge in [-0.25, -0.2) is 0 Å². The van der Waals surface area contributed by atoms with Crippen molar-refractivity contribution in [3.8, 4) is 0 Å². The molecule has 2 rings (SSSR count). The third-order valence-corrected chi connectivity index (χ3v) is 2.03. The van der Waals surface area contributed by atoms with Gasteiger partial charge in [0.1, 0.15) is 0 Å². The number of nitro groups is 1. The number of aromatic amines is 1. The first-order valence-corrected chi connectivity index (χ1v) is 4.30. The van der Waals surface area contributed by atoms with Gasteiger partial charge in [-0.3, -0.25) is 0 Å². The lowest BCUT2D eigenvalue weighted by atomic mass is 10.4. The molecule has 0 saturated carbocycles. The summed E-state index contributed by atoms with van der Waals surface area (Å²) in [5, 5.41) is 19.6. The molecule has 8 heteroatoms. The summed E-state index contributed by atoms with van der Waals surface area (Å²) in [4.78, 5) is 15.4. The molecule has 0 spiro atoms. The second-order valence-corrected chi connectivity index (χ2v) is 2.95. The summed E-state index contributed by atoms with van der Waals surface area (Å²) in [7, 11) is 0. The van der Waals surface area contributed by atoms with Gasteiger partial charge in [-0.2, -0.15) is 0 Å². The van der Waals surface area contributed by atoms with E-state index >= 15 is 0 Å². The Morgan fingerprint density at radius 3 is 2.71 bits per heavy atom. The topological polar surface area (TPSA) is 100.0 Å². The second kappa shape index (κ2) is 3.58. The fraction of sp³-hybridized carbons (Fsp3) is 0.667. The normalized spacial score (nSPS) is 17.0. The largest absolute Gasteiger partial charge is 0.455 e. The number of nitrogens with zero attached hydrogens (tertiary/aromatic N) is 4. The van der Waals surface area contributed by atoms with Crippen molar-refractivity contribution in [2.45, 2.75) is 0 Å². The predicted molar refractivity (Wildman–Crippen MR) is 48.1 cm³/mol. The van der Waals surface area contributed by atoms with Crippen molar-refractivity contribution in [3.63, 3.8) is 0 Å². The van der Waals surface area contributed by atoms with Gasteiger partial charge in [-0.05, 0) is 9.91 Å². The highest BCUT2D eigenvalue weighted by Gasteiger charge is 2.21. The Morgan fingerprint density at radius 1 is 1.43 bits per heavy atom. The Hall–Kier alpha value is -1.70. The van der Waals surface area contributed by atoms with Crippen LogP contribution in [0.5, 0.6) is 0 Å². The van der Waals surface area contributed by atoms with Gasteiger partial charge in [0, 0.05) is 26.2 Å². The minimum Gasteiger partial charge on any atom is -0.390 e. The minimum absolute atomic E-state index is 0.307. The number of anilines is 1. The van der Waals surface area contributed by atoms with Crippen LogP contribution >= 0.6 is 0 Å². The smallest absolute Gasteiger partial charge is 0.390 e. The van der Waals surface area contributed by atoms with Crippen LogP contribution in [0, 0.1) is 10.1 Å². The minimum atomic E-state index is -0.585. The maximum absolute atomic E-state index is 10.3. The molecule has 76 valence electrons. The van der Waals surface area contributed by atoms with Crippen molar-refractivity contribution >= 4 is 11.9 Å². The number of hydrogen-bond donors (Lipinski definition) is 2. The van der Waals surface area contributed by atoms with Crippen LogP contribution in [-0.2, 0) is 0 Å². The average molecular weight is 198 g/mol. The molecule has 0 aromatic carbocycles. The highest BCUT2D eigenvalue weighted by molar-refractivity contribution is 5.31. The molecule has 1 fully saturated rings. The van der Waals surface area contributed by atoms with E-state index < -0.39 is 4.92 Å². The SMILES string of the molecule is O=[N+]([O-])c1nc(N2CCNCC2)n[nH]1. The van der Waals surface area contributed by atoms with E-state index in [2.05, 4.69) is 20.5 Å². The van der Waals surface area contributed by atoms with E-state index in [1.807, 2.05) is 4.90 Å². The Kier molecular flexibility index (Phi) is 2.27. The van der Waals surface area contributed by atoms with Gasteiger partial charge in [-0.1, -0.05) is 5.10 Å². The number of rotatable bonds is 2. The third kappa shape index (κ3) is 1.64. The van der Waals surface area contributed by atoms with Crippen molar-refractivity contribution in [2.75, 3.05) is 31.1 Å². The van der Waals surface area contributed by atoms with Gasteiger partial charge in [0.05, 0.1) is 0 Å². The van der Waals surface area contributed by atoms with Gasteiger partial charge in [0.2, 0.25) is 0 Å². The molecular weight excluding hydrogens is 188 g/mol. The summed E-state index contributed by atoms with van der Waals surface area (Å²) < 4.78 is 0. The monoisotopic (exact) mass is 198 g/mol. The predicted octanol–water partition coefficient (Wildman–Crippen LogP) is -0.877. The van der Waals surface area contributed by atoms with Crippen LogP contribution in [0.4, 0.5) is 11.9 Å². The van der Waals surface area contributed by atoms with Crippen LogP contribution in [0.1, 0.15) is 0 Å². The molecular formula is C6H10N6O2. The van der Waals surface area contributed by atoms with Crippen molar-refractivity contribution in [3.05, 3.63) is 10.1 Å². The third-order valence-electron chi connectivity index (χ3n) is 2.03. The number of aromatic nitrogens is 3. The molecule has 0 amide bonds. The van der Waals surface area contributed by atoms with Gasteiger partial charge < -0.3 is 20.3 Å². The molecule has 8 nitrogen and oxygen atoms in total. The summed E-state index contributed by atoms with van der Waals surface area (Å²) in [5.74, 6) is 0.0942. The molecule has 0 bridgehead atoms. The molecule has 14 heavy (non-hydrogen) atoms. The van der Waals surface area contributed by atoms with Crippen molar-refractivity contribution < 1.29 is 4.92 Å². The highest BCUT2D eigenvalue weighted by atomic mass is 16.6. The molecule has 2 heterocycles.